The number of rotatable bonds is 6. The highest BCUT2D eigenvalue weighted by Crippen LogP contribution is 2.70. The summed E-state index contributed by atoms with van der Waals surface area (Å²) in [7, 11) is 0. The number of hydrogen-bond acceptors (Lipinski definition) is 2. The standard InChI is InChI=1S/C19H25F9O2/c1-13(20,14(2,21)22)3-4-30-16-8-11-5-12(9-16)7-15(6-11,10-16)17(29,18(23,24)25)19(26,27)28/h11-12,29H,3-10H2,1-2H3. The van der Waals surface area contributed by atoms with Gasteiger partial charge >= 0.3 is 12.4 Å². The molecular weight excluding hydrogens is 431 g/mol. The van der Waals surface area contributed by atoms with E-state index in [1.54, 1.807) is 0 Å². The van der Waals surface area contributed by atoms with Crippen molar-refractivity contribution in [3.8, 4) is 0 Å². The van der Waals surface area contributed by atoms with Gasteiger partial charge in [-0.15, -0.1) is 0 Å². The molecule has 3 atom stereocenters. The Kier molecular flexibility index (Phi) is 5.31. The Bertz CT molecular complexity index is 634. The van der Waals surface area contributed by atoms with Gasteiger partial charge in [-0.3, -0.25) is 0 Å². The highest BCUT2D eigenvalue weighted by molar-refractivity contribution is 5.19. The summed E-state index contributed by atoms with van der Waals surface area (Å²) in [5.41, 5.74) is -11.8. The van der Waals surface area contributed by atoms with Gasteiger partial charge in [-0.1, -0.05) is 0 Å². The van der Waals surface area contributed by atoms with E-state index in [4.69, 9.17) is 4.74 Å². The molecule has 30 heavy (non-hydrogen) atoms. The summed E-state index contributed by atoms with van der Waals surface area (Å²) in [6.07, 6.45) is -13.5. The molecule has 176 valence electrons. The largest absolute Gasteiger partial charge is 0.426 e. The third-order valence-electron chi connectivity index (χ3n) is 7.49. The molecule has 0 radical (unpaired) electrons. The SMILES string of the molecule is CC(F)(F)C(C)(F)CCOC12CC3CC(C1)CC(C(O)(C(F)(F)F)C(F)(F)F)(C3)C2. The highest BCUT2D eigenvalue weighted by atomic mass is 19.4. The first kappa shape index (κ1) is 23.9. The van der Waals surface area contributed by atoms with Crippen molar-refractivity contribution in [2.75, 3.05) is 6.61 Å². The number of ether oxygens (including phenoxy) is 1. The van der Waals surface area contributed by atoms with E-state index in [1.165, 1.54) is 0 Å². The highest BCUT2D eigenvalue weighted by Gasteiger charge is 2.82. The van der Waals surface area contributed by atoms with E-state index < -0.39 is 84.7 Å². The molecule has 4 fully saturated rings. The van der Waals surface area contributed by atoms with Crippen LogP contribution in [0.15, 0.2) is 0 Å². The predicted octanol–water partition coefficient (Wildman–Crippen LogP) is 5.97. The van der Waals surface area contributed by atoms with Crippen LogP contribution in [0.4, 0.5) is 39.5 Å². The summed E-state index contributed by atoms with van der Waals surface area (Å²) in [5, 5.41) is 10.2. The molecule has 0 amide bonds. The Morgan fingerprint density at radius 3 is 1.70 bits per heavy atom. The van der Waals surface area contributed by atoms with E-state index in [1.807, 2.05) is 0 Å². The zero-order chi connectivity index (χ0) is 23.0. The minimum atomic E-state index is -5.94. The monoisotopic (exact) mass is 456 g/mol. The number of halogens is 9. The van der Waals surface area contributed by atoms with E-state index >= 15 is 0 Å². The van der Waals surface area contributed by atoms with Crippen molar-refractivity contribution in [2.45, 2.75) is 93.9 Å². The fraction of sp³-hybridized carbons (Fsp3) is 1.00. The van der Waals surface area contributed by atoms with Gasteiger partial charge in [0, 0.05) is 18.8 Å². The molecular formula is C19H25F9O2. The first-order valence-corrected chi connectivity index (χ1v) is 9.84. The van der Waals surface area contributed by atoms with E-state index in [0.29, 0.717) is 20.3 Å². The number of aliphatic hydroxyl groups is 1. The normalized spacial score (nSPS) is 36.8. The third-order valence-corrected chi connectivity index (χ3v) is 7.49. The molecule has 0 aromatic rings. The molecule has 0 saturated heterocycles. The van der Waals surface area contributed by atoms with Crippen molar-refractivity contribution in [1.82, 2.24) is 0 Å². The Morgan fingerprint density at radius 2 is 1.30 bits per heavy atom. The van der Waals surface area contributed by atoms with Crippen LogP contribution in [0.1, 0.15) is 58.8 Å². The quantitative estimate of drug-likeness (QED) is 0.499. The Hall–Kier alpha value is -0.710. The van der Waals surface area contributed by atoms with Crippen LogP contribution in [0.2, 0.25) is 0 Å². The number of alkyl halides is 9. The van der Waals surface area contributed by atoms with Crippen LogP contribution < -0.4 is 0 Å². The summed E-state index contributed by atoms with van der Waals surface area (Å²) < 4.78 is 128. The van der Waals surface area contributed by atoms with Crippen molar-refractivity contribution >= 4 is 0 Å². The molecule has 4 aliphatic rings. The van der Waals surface area contributed by atoms with E-state index in [0.717, 1.165) is 0 Å². The summed E-state index contributed by atoms with van der Waals surface area (Å²) >= 11 is 0. The second kappa shape index (κ2) is 6.65. The van der Waals surface area contributed by atoms with Gasteiger partial charge in [0.15, 0.2) is 5.67 Å². The molecule has 0 spiro atoms. The summed E-state index contributed by atoms with van der Waals surface area (Å²) in [6.45, 7) is 0.492. The molecule has 0 aromatic carbocycles. The van der Waals surface area contributed by atoms with Gasteiger partial charge in [-0.2, -0.15) is 26.3 Å². The van der Waals surface area contributed by atoms with Gasteiger partial charge in [0.25, 0.3) is 11.5 Å². The minimum Gasteiger partial charge on any atom is -0.375 e. The van der Waals surface area contributed by atoms with Gasteiger partial charge in [0.05, 0.1) is 12.2 Å². The van der Waals surface area contributed by atoms with Crippen LogP contribution in [0, 0.1) is 17.3 Å². The second-order valence-corrected chi connectivity index (χ2v) is 9.81. The van der Waals surface area contributed by atoms with Gasteiger partial charge in [-0.25, -0.2) is 13.2 Å². The van der Waals surface area contributed by atoms with E-state index in [-0.39, 0.29) is 12.8 Å². The lowest BCUT2D eigenvalue weighted by Crippen LogP contribution is -2.73. The van der Waals surface area contributed by atoms with Crippen molar-refractivity contribution in [3.05, 3.63) is 0 Å². The van der Waals surface area contributed by atoms with Gasteiger partial charge in [0.1, 0.15) is 0 Å². The third kappa shape index (κ3) is 3.51. The molecule has 4 rings (SSSR count). The van der Waals surface area contributed by atoms with Crippen molar-refractivity contribution in [1.29, 1.82) is 0 Å². The van der Waals surface area contributed by atoms with Crippen molar-refractivity contribution in [2.24, 2.45) is 17.3 Å². The van der Waals surface area contributed by atoms with Crippen LogP contribution in [-0.4, -0.2) is 46.9 Å². The van der Waals surface area contributed by atoms with Gasteiger partial charge in [0.2, 0.25) is 0 Å². The molecule has 0 heterocycles. The van der Waals surface area contributed by atoms with Crippen LogP contribution >= 0.6 is 0 Å². The van der Waals surface area contributed by atoms with E-state index in [9.17, 15) is 44.6 Å². The lowest BCUT2D eigenvalue weighted by molar-refractivity contribution is -0.423. The molecule has 4 saturated carbocycles. The first-order chi connectivity index (χ1) is 13.3. The van der Waals surface area contributed by atoms with Gasteiger partial charge < -0.3 is 9.84 Å². The maximum absolute atomic E-state index is 14.2. The van der Waals surface area contributed by atoms with E-state index in [2.05, 4.69) is 0 Å². The summed E-state index contributed by atoms with van der Waals surface area (Å²) in [4.78, 5) is 0. The molecule has 11 heteroatoms. The average molecular weight is 456 g/mol. The smallest absolute Gasteiger partial charge is 0.375 e. The predicted molar refractivity (Wildman–Crippen MR) is 87.6 cm³/mol. The maximum Gasteiger partial charge on any atom is 0.426 e. The molecule has 0 aromatic heterocycles. The van der Waals surface area contributed by atoms with Crippen LogP contribution in [-0.2, 0) is 4.74 Å². The zero-order valence-corrected chi connectivity index (χ0v) is 16.6. The lowest BCUT2D eigenvalue weighted by atomic mass is 9.43. The summed E-state index contributed by atoms with van der Waals surface area (Å²) in [5.74, 6) is -4.73. The Morgan fingerprint density at radius 1 is 0.833 bits per heavy atom. The molecule has 2 nitrogen and oxygen atoms in total. The molecule has 0 aliphatic heterocycles. The average Bonchev–Trinajstić information content (AvgIpc) is 2.48. The molecule has 4 bridgehead atoms. The molecule has 4 aliphatic carbocycles. The minimum absolute atomic E-state index is 0.169. The second-order valence-electron chi connectivity index (χ2n) is 9.81. The Balaban J connectivity index is 1.89. The van der Waals surface area contributed by atoms with Crippen molar-refractivity contribution < 1.29 is 49.4 Å². The van der Waals surface area contributed by atoms with Crippen LogP contribution in [0.25, 0.3) is 0 Å². The van der Waals surface area contributed by atoms with Crippen LogP contribution in [0.5, 0.6) is 0 Å². The Labute approximate surface area is 168 Å². The topological polar surface area (TPSA) is 29.5 Å². The fourth-order valence-electron chi connectivity index (χ4n) is 6.21. The van der Waals surface area contributed by atoms with Crippen molar-refractivity contribution in [3.63, 3.8) is 0 Å². The molecule has 3 unspecified atom stereocenters. The fourth-order valence-corrected chi connectivity index (χ4v) is 6.21. The summed E-state index contributed by atoms with van der Waals surface area (Å²) in [6, 6.07) is 0. The first-order valence-electron chi connectivity index (χ1n) is 9.84. The maximum atomic E-state index is 14.2. The van der Waals surface area contributed by atoms with Crippen LogP contribution in [0.3, 0.4) is 0 Å². The van der Waals surface area contributed by atoms with Gasteiger partial charge in [-0.05, 0) is 57.3 Å². The molecule has 1 N–H and O–H groups in total. The zero-order valence-electron chi connectivity index (χ0n) is 16.6. The number of hydrogen-bond donors (Lipinski definition) is 1. The lowest BCUT2D eigenvalue weighted by Gasteiger charge is -2.65.